The number of sulfonamides is 1. The summed E-state index contributed by atoms with van der Waals surface area (Å²) in [6, 6.07) is 10.2. The van der Waals surface area contributed by atoms with Gasteiger partial charge in [-0.2, -0.15) is 0 Å². The molecule has 0 bridgehead atoms. The molecule has 1 aliphatic heterocycles. The Morgan fingerprint density at radius 1 is 1.00 bits per heavy atom. The van der Waals surface area contributed by atoms with Gasteiger partial charge in [-0.1, -0.05) is 0 Å². The van der Waals surface area contributed by atoms with Gasteiger partial charge in [-0.15, -0.1) is 0 Å². The molecule has 2 N–H and O–H groups in total. The number of phenols is 1. The Labute approximate surface area is 158 Å². The van der Waals surface area contributed by atoms with Crippen LogP contribution in [0, 0.1) is 0 Å². The molecule has 0 unspecified atom stereocenters. The summed E-state index contributed by atoms with van der Waals surface area (Å²) in [5.41, 5.74) is 3.66. The van der Waals surface area contributed by atoms with E-state index in [2.05, 4.69) is 5.32 Å². The lowest BCUT2D eigenvalue weighted by Gasteiger charge is -2.18. The van der Waals surface area contributed by atoms with Crippen LogP contribution in [0.3, 0.4) is 0 Å². The van der Waals surface area contributed by atoms with Gasteiger partial charge in [-0.05, 0) is 79.6 Å². The lowest BCUT2D eigenvalue weighted by Crippen LogP contribution is -2.25. The van der Waals surface area contributed by atoms with Gasteiger partial charge in [0.15, 0.2) is 0 Å². The highest BCUT2D eigenvalue weighted by Gasteiger charge is 2.28. The topological polar surface area (TPSA) is 86.7 Å². The van der Waals surface area contributed by atoms with Crippen LogP contribution in [-0.4, -0.2) is 31.7 Å². The van der Waals surface area contributed by atoms with Crippen molar-refractivity contribution in [2.24, 2.45) is 0 Å². The summed E-state index contributed by atoms with van der Waals surface area (Å²) in [6.07, 6.45) is 4.69. The molecule has 1 amide bonds. The molecule has 0 atom stereocenters. The van der Waals surface area contributed by atoms with Crippen LogP contribution in [0.25, 0.3) is 0 Å². The minimum absolute atomic E-state index is 0.00655. The Kier molecular flexibility index (Phi) is 4.55. The summed E-state index contributed by atoms with van der Waals surface area (Å²) in [7, 11) is -3.22. The molecular formula is C20H22N2O4S. The number of fused-ring (bicyclic) bond motifs is 1. The Morgan fingerprint density at radius 3 is 2.30 bits per heavy atom. The summed E-state index contributed by atoms with van der Waals surface area (Å²) >= 11 is 0. The van der Waals surface area contributed by atoms with Crippen LogP contribution >= 0.6 is 0 Å². The molecule has 0 spiro atoms. The van der Waals surface area contributed by atoms with Crippen molar-refractivity contribution in [3.63, 3.8) is 0 Å². The Bertz CT molecular complexity index is 984. The lowest BCUT2D eigenvalue weighted by atomic mass is 9.90. The van der Waals surface area contributed by atoms with Crippen molar-refractivity contribution >= 4 is 27.3 Å². The Morgan fingerprint density at radius 2 is 1.67 bits per heavy atom. The van der Waals surface area contributed by atoms with Crippen molar-refractivity contribution < 1.29 is 18.3 Å². The van der Waals surface area contributed by atoms with Gasteiger partial charge >= 0.3 is 0 Å². The molecule has 2 aliphatic rings. The fraction of sp³-hybridized carbons (Fsp3) is 0.350. The van der Waals surface area contributed by atoms with E-state index in [0.717, 1.165) is 36.8 Å². The summed E-state index contributed by atoms with van der Waals surface area (Å²) in [4.78, 5) is 12.6. The van der Waals surface area contributed by atoms with Gasteiger partial charge in [0.2, 0.25) is 10.0 Å². The number of nitrogens with one attached hydrogen (secondary N) is 1. The van der Waals surface area contributed by atoms with E-state index in [4.69, 9.17) is 0 Å². The van der Waals surface area contributed by atoms with Gasteiger partial charge in [0, 0.05) is 12.2 Å². The first kappa shape index (κ1) is 17.9. The van der Waals surface area contributed by atoms with E-state index in [1.807, 2.05) is 0 Å². The monoisotopic (exact) mass is 386 g/mol. The van der Waals surface area contributed by atoms with E-state index in [-0.39, 0.29) is 23.0 Å². The average molecular weight is 386 g/mol. The number of hydrogen-bond donors (Lipinski definition) is 2. The van der Waals surface area contributed by atoms with Crippen LogP contribution in [0.2, 0.25) is 0 Å². The summed E-state index contributed by atoms with van der Waals surface area (Å²) in [6.45, 7) is 0.483. The fourth-order valence-corrected chi connectivity index (χ4v) is 5.36. The van der Waals surface area contributed by atoms with Crippen LogP contribution in [0.1, 0.15) is 40.7 Å². The number of hydrogen-bond acceptors (Lipinski definition) is 4. The van der Waals surface area contributed by atoms with Crippen molar-refractivity contribution in [3.05, 3.63) is 53.1 Å². The number of aromatic hydroxyl groups is 1. The van der Waals surface area contributed by atoms with E-state index < -0.39 is 10.0 Å². The maximum Gasteiger partial charge on any atom is 0.259 e. The second kappa shape index (κ2) is 6.88. The Hall–Kier alpha value is -2.54. The molecule has 2 aromatic rings. The van der Waals surface area contributed by atoms with Gasteiger partial charge in [0.1, 0.15) is 5.75 Å². The van der Waals surface area contributed by atoms with Gasteiger partial charge in [0.25, 0.3) is 5.91 Å². The molecule has 1 aliphatic carbocycles. The minimum Gasteiger partial charge on any atom is -0.507 e. The molecule has 2 aromatic carbocycles. The molecule has 1 saturated heterocycles. The van der Waals surface area contributed by atoms with E-state index in [1.165, 1.54) is 4.31 Å². The van der Waals surface area contributed by atoms with Crippen molar-refractivity contribution in [2.45, 2.75) is 32.1 Å². The normalized spacial score (nSPS) is 18.1. The third-order valence-corrected chi connectivity index (χ3v) is 7.09. The van der Waals surface area contributed by atoms with Crippen molar-refractivity contribution in [1.82, 2.24) is 0 Å². The number of anilines is 2. The fourth-order valence-electron chi connectivity index (χ4n) is 3.79. The maximum absolute atomic E-state index is 12.6. The Balaban J connectivity index is 1.52. The largest absolute Gasteiger partial charge is 0.507 e. The first-order chi connectivity index (χ1) is 12.9. The number of benzene rings is 2. The van der Waals surface area contributed by atoms with Gasteiger partial charge in [0.05, 0.1) is 17.0 Å². The second-order valence-corrected chi connectivity index (χ2v) is 9.10. The average Bonchev–Trinajstić information content (AvgIpc) is 3.01. The number of amides is 1. The molecule has 4 rings (SSSR count). The third-order valence-electron chi connectivity index (χ3n) is 5.22. The number of aryl methyl sites for hydroxylation is 2. The molecule has 6 nitrogen and oxygen atoms in total. The molecule has 0 aromatic heterocycles. The molecule has 0 radical (unpaired) electrons. The lowest BCUT2D eigenvalue weighted by molar-refractivity contribution is 0.102. The molecule has 1 fully saturated rings. The van der Waals surface area contributed by atoms with Crippen LogP contribution in [-0.2, 0) is 22.9 Å². The van der Waals surface area contributed by atoms with E-state index >= 15 is 0 Å². The third kappa shape index (κ3) is 3.51. The van der Waals surface area contributed by atoms with Crippen LogP contribution in [0.5, 0.6) is 5.75 Å². The zero-order valence-electron chi connectivity index (χ0n) is 14.9. The molecular weight excluding hydrogens is 364 g/mol. The second-order valence-electron chi connectivity index (χ2n) is 7.09. The van der Waals surface area contributed by atoms with Gasteiger partial charge in [-0.25, -0.2) is 8.42 Å². The summed E-state index contributed by atoms with van der Waals surface area (Å²) in [5.74, 6) is -0.210. The smallest absolute Gasteiger partial charge is 0.259 e. The maximum atomic E-state index is 12.6. The number of rotatable bonds is 3. The van der Waals surface area contributed by atoms with Crippen molar-refractivity contribution in [2.75, 3.05) is 21.9 Å². The molecule has 0 saturated carbocycles. The number of nitrogens with zero attached hydrogens (tertiary/aromatic N) is 1. The predicted octanol–water partition coefficient (Wildman–Crippen LogP) is 3.06. The highest BCUT2D eigenvalue weighted by atomic mass is 32.2. The predicted molar refractivity (Wildman–Crippen MR) is 105 cm³/mol. The summed E-state index contributed by atoms with van der Waals surface area (Å²) < 4.78 is 25.4. The first-order valence-corrected chi connectivity index (χ1v) is 10.8. The first-order valence-electron chi connectivity index (χ1n) is 9.21. The van der Waals surface area contributed by atoms with Gasteiger partial charge in [-0.3, -0.25) is 9.10 Å². The van der Waals surface area contributed by atoms with Crippen molar-refractivity contribution in [3.8, 4) is 5.75 Å². The zero-order valence-corrected chi connectivity index (χ0v) is 15.8. The number of carbonyl (C=O) groups excluding carboxylic acids is 1. The quantitative estimate of drug-likeness (QED) is 0.849. The minimum atomic E-state index is -3.22. The van der Waals surface area contributed by atoms with E-state index in [9.17, 15) is 18.3 Å². The van der Waals surface area contributed by atoms with E-state index in [0.29, 0.717) is 24.3 Å². The zero-order chi connectivity index (χ0) is 19.0. The number of phenolic OH excluding ortho intramolecular Hbond substituents is 1. The standard InChI is InChI=1S/C20H22N2O4S/c23-19-13-15-5-2-1-4-14(15)12-18(19)20(24)21-16-6-8-17(9-7-16)22-10-3-11-27(22,25)26/h6-9,12-13,23H,1-5,10-11H2,(H,21,24). The van der Waals surface area contributed by atoms with Crippen LogP contribution < -0.4 is 9.62 Å². The molecule has 1 heterocycles. The molecule has 27 heavy (non-hydrogen) atoms. The van der Waals surface area contributed by atoms with Crippen LogP contribution in [0.15, 0.2) is 36.4 Å². The van der Waals surface area contributed by atoms with Crippen molar-refractivity contribution in [1.29, 1.82) is 0 Å². The SMILES string of the molecule is O=C(Nc1ccc(N2CCCS2(=O)=O)cc1)c1cc2c(cc1O)CCCC2. The number of carbonyl (C=O) groups is 1. The van der Waals surface area contributed by atoms with E-state index in [1.54, 1.807) is 36.4 Å². The molecule has 7 heteroatoms. The summed E-state index contributed by atoms with van der Waals surface area (Å²) in [5, 5.41) is 13.0. The molecule has 142 valence electrons. The highest BCUT2D eigenvalue weighted by molar-refractivity contribution is 7.93. The van der Waals surface area contributed by atoms with Gasteiger partial charge < -0.3 is 10.4 Å². The van der Waals surface area contributed by atoms with Crippen LogP contribution in [0.4, 0.5) is 11.4 Å². The highest BCUT2D eigenvalue weighted by Crippen LogP contribution is 2.30.